The predicted molar refractivity (Wildman–Crippen MR) is 325 cm³/mol. The van der Waals surface area contributed by atoms with Crippen molar-refractivity contribution in [1.82, 2.24) is 5.32 Å². The molecule has 0 aliphatic carbocycles. The summed E-state index contributed by atoms with van der Waals surface area (Å²) in [4.78, 5) is 0. The second-order valence-corrected chi connectivity index (χ2v) is 34.1. The quantitative estimate of drug-likeness (QED) is 0.0633. The molecule has 1 N–H and O–H groups in total. The first-order chi connectivity index (χ1) is 40.2. The van der Waals surface area contributed by atoms with Crippen LogP contribution >= 0.6 is 0 Å². The fraction of sp³-hybridized carbons (Fsp3) is 1.00. The van der Waals surface area contributed by atoms with Crippen molar-refractivity contribution in [2.24, 2.45) is 0 Å². The predicted octanol–water partition coefficient (Wildman–Crippen LogP) is 4.89. The number of methoxy groups -OCH3 is 1. The van der Waals surface area contributed by atoms with Crippen LogP contribution in [0.2, 0.25) is 51.9 Å². The molecule has 0 aromatic rings. The van der Waals surface area contributed by atoms with Gasteiger partial charge in [0, 0.05) is 13.2 Å². The van der Waals surface area contributed by atoms with Gasteiger partial charge >= 0.3 is 8.56 Å². The maximum Gasteiger partial charge on any atom is 0.314 e. The van der Waals surface area contributed by atoms with Crippen LogP contribution in [-0.2, 0) is 108 Å². The zero-order chi connectivity index (χ0) is 60.9. The first-order valence-corrected chi connectivity index (χ1v) is 39.7. The second-order valence-electron chi connectivity index (χ2n) is 21.3. The van der Waals surface area contributed by atoms with E-state index in [4.69, 9.17) is 108 Å². The normalized spacial score (nSPS) is 13.6. The highest BCUT2D eigenvalue weighted by molar-refractivity contribution is 6.87. The fourth-order valence-corrected chi connectivity index (χ4v) is 19.6. The maximum absolute atomic E-state index is 6.63. The summed E-state index contributed by atoms with van der Waals surface area (Å²) in [6, 6.07) is 1.24. The van der Waals surface area contributed by atoms with Gasteiger partial charge in [0.25, 0.3) is 0 Å². The van der Waals surface area contributed by atoms with Crippen LogP contribution in [0.4, 0.5) is 0 Å². The van der Waals surface area contributed by atoms with E-state index in [0.717, 1.165) is 19.0 Å². The Morgan fingerprint density at radius 2 is 0.494 bits per heavy atom. The molecule has 3 atom stereocenters. The lowest BCUT2D eigenvalue weighted by Gasteiger charge is -2.38. The van der Waals surface area contributed by atoms with Crippen LogP contribution in [0.1, 0.15) is 27.2 Å². The molecule has 0 radical (unpaired) electrons. The summed E-state index contributed by atoms with van der Waals surface area (Å²) in [5, 5.41) is 3.60. The minimum Gasteiger partial charge on any atom is -0.437 e. The summed E-state index contributed by atoms with van der Waals surface area (Å²) in [5.74, 6) is 0. The topological polar surface area (TPSA) is 224 Å². The Balaban J connectivity index is 3.30. The van der Waals surface area contributed by atoms with Crippen molar-refractivity contribution in [2.75, 3.05) is 271 Å². The first-order valence-electron chi connectivity index (χ1n) is 30.4. The summed E-state index contributed by atoms with van der Waals surface area (Å²) in [6.07, 6.45) is 0.975. The third-order valence-electron chi connectivity index (χ3n) is 10.7. The third-order valence-corrected chi connectivity index (χ3v) is 20.3. The number of ether oxygens (including phenoxy) is 21. The van der Waals surface area contributed by atoms with Gasteiger partial charge in [0.15, 0.2) is 16.6 Å². The minimum atomic E-state index is -2.20. The lowest BCUT2D eigenvalue weighted by atomic mass is 10.3. The molecule has 0 rings (SSSR count). The van der Waals surface area contributed by atoms with Gasteiger partial charge in [-0.25, -0.2) is 0 Å². The second kappa shape index (κ2) is 61.9. The molecule has 24 nitrogen and oxygen atoms in total. The highest BCUT2D eigenvalue weighted by Gasteiger charge is 2.39. The molecule has 0 aromatic carbocycles. The molecular formula is C56H121NO23Si3. The summed E-state index contributed by atoms with van der Waals surface area (Å²) in [5.41, 5.74) is 0. The zero-order valence-electron chi connectivity index (χ0n) is 53.8. The molecule has 0 amide bonds. The van der Waals surface area contributed by atoms with Gasteiger partial charge in [-0.15, -0.1) is 0 Å². The molecule has 500 valence electrons. The molecule has 0 bridgehead atoms. The molecule has 0 spiro atoms. The zero-order valence-corrected chi connectivity index (χ0v) is 56.8. The van der Waals surface area contributed by atoms with Crippen LogP contribution in [0.5, 0.6) is 0 Å². The van der Waals surface area contributed by atoms with E-state index in [1.807, 2.05) is 13.8 Å². The molecule has 0 aliphatic rings. The standard InChI is InChI=1S/C56H121NO23Si3/c1-54(57-13-12-50-83(11,79-81(5,6)7)80-82(8,9)10)51-77-56(3)53-78-55(2)52-76-49-48-75-47-46-74-45-44-73-43-42-72-41-40-71-39-38-70-37-36-69-35-34-68-33-32-67-31-30-66-29-28-65-27-26-64-25-24-63-23-22-62-21-20-61-19-18-60-17-16-59-15-14-58-4/h54-57H,12-53H2,1-11H3. The molecule has 0 aliphatic heterocycles. The Hall–Kier alpha value is -0.309. The van der Waals surface area contributed by atoms with Gasteiger partial charge in [-0.1, -0.05) is 0 Å². The lowest BCUT2D eigenvalue weighted by Crippen LogP contribution is -2.52. The average Bonchev–Trinajstić information content (AvgIpc) is 3.63. The molecule has 3 unspecified atom stereocenters. The van der Waals surface area contributed by atoms with Crippen molar-refractivity contribution >= 4 is 25.2 Å². The molecule has 0 heterocycles. The Labute approximate surface area is 505 Å². The number of hydrogen-bond donors (Lipinski definition) is 1. The largest absolute Gasteiger partial charge is 0.437 e. The van der Waals surface area contributed by atoms with E-state index in [0.29, 0.717) is 258 Å². The highest BCUT2D eigenvalue weighted by atomic mass is 28.5. The number of rotatable bonds is 71. The molecular weight excluding hydrogens is 1140 g/mol. The minimum absolute atomic E-state index is 0.0127. The summed E-state index contributed by atoms with van der Waals surface area (Å²) in [7, 11) is -3.93. The number of nitrogens with one attached hydrogen (secondary N) is 1. The molecule has 0 saturated heterocycles. The van der Waals surface area contributed by atoms with Crippen molar-refractivity contribution in [1.29, 1.82) is 0 Å². The van der Waals surface area contributed by atoms with Crippen LogP contribution in [0.25, 0.3) is 0 Å². The van der Waals surface area contributed by atoms with E-state index in [-0.39, 0.29) is 18.2 Å². The van der Waals surface area contributed by atoms with E-state index in [1.54, 1.807) is 7.11 Å². The fourth-order valence-electron chi connectivity index (χ4n) is 7.07. The van der Waals surface area contributed by atoms with Crippen molar-refractivity contribution in [2.45, 2.75) is 97.3 Å². The van der Waals surface area contributed by atoms with Crippen LogP contribution in [0.15, 0.2) is 0 Å². The third kappa shape index (κ3) is 69.0. The van der Waals surface area contributed by atoms with Gasteiger partial charge in [-0.05, 0) is 85.6 Å². The Kier molecular flexibility index (Phi) is 61.7. The van der Waals surface area contributed by atoms with Gasteiger partial charge in [-0.2, -0.15) is 0 Å². The van der Waals surface area contributed by atoms with Crippen molar-refractivity contribution in [3.8, 4) is 0 Å². The van der Waals surface area contributed by atoms with Crippen molar-refractivity contribution in [3.63, 3.8) is 0 Å². The molecule has 83 heavy (non-hydrogen) atoms. The summed E-state index contributed by atoms with van der Waals surface area (Å²) in [6.45, 7) is 42.6. The SMILES string of the molecule is COCCOCCOCCOCCOCCOCCOCCOCCOCCOCCOCCOCCOCCOCCOCCOCCOCCOCCOCC(C)OCC(C)OCC(C)NCCC[Si](C)(O[Si](C)(C)C)O[Si](C)(C)C. The Bertz CT molecular complexity index is 1270. The summed E-state index contributed by atoms with van der Waals surface area (Å²) >= 11 is 0. The molecule has 27 heteroatoms. The first kappa shape index (κ1) is 82.7. The van der Waals surface area contributed by atoms with Gasteiger partial charge in [0.05, 0.1) is 270 Å². The van der Waals surface area contributed by atoms with E-state index in [2.05, 4.69) is 58.1 Å². The van der Waals surface area contributed by atoms with Crippen molar-refractivity contribution in [3.05, 3.63) is 0 Å². The van der Waals surface area contributed by atoms with Crippen LogP contribution in [0, 0.1) is 0 Å². The molecule has 0 aromatic heterocycles. The van der Waals surface area contributed by atoms with Gasteiger partial charge < -0.3 is 113 Å². The van der Waals surface area contributed by atoms with E-state index in [9.17, 15) is 0 Å². The highest BCUT2D eigenvalue weighted by Crippen LogP contribution is 2.25. The van der Waals surface area contributed by atoms with Gasteiger partial charge in [0.1, 0.15) is 0 Å². The van der Waals surface area contributed by atoms with Crippen LogP contribution < -0.4 is 5.32 Å². The Morgan fingerprint density at radius 3 is 0.735 bits per heavy atom. The van der Waals surface area contributed by atoms with E-state index >= 15 is 0 Å². The van der Waals surface area contributed by atoms with Crippen LogP contribution in [0.3, 0.4) is 0 Å². The Morgan fingerprint density at radius 1 is 0.277 bits per heavy atom. The monoisotopic (exact) mass is 1260 g/mol. The average molecular weight is 1260 g/mol. The smallest absolute Gasteiger partial charge is 0.314 e. The molecule has 0 saturated carbocycles. The number of hydrogen-bond acceptors (Lipinski definition) is 24. The summed E-state index contributed by atoms with van der Waals surface area (Å²) < 4.78 is 130. The molecule has 0 fully saturated rings. The van der Waals surface area contributed by atoms with Gasteiger partial charge in [0.2, 0.25) is 0 Å². The van der Waals surface area contributed by atoms with Crippen LogP contribution in [-0.4, -0.2) is 315 Å². The lowest BCUT2D eigenvalue weighted by molar-refractivity contribution is -0.0662. The maximum atomic E-state index is 6.63. The van der Waals surface area contributed by atoms with E-state index in [1.165, 1.54) is 0 Å². The van der Waals surface area contributed by atoms with Gasteiger partial charge in [-0.3, -0.25) is 0 Å². The van der Waals surface area contributed by atoms with E-state index < -0.39 is 25.2 Å². The van der Waals surface area contributed by atoms with Crippen molar-refractivity contribution < 1.29 is 108 Å².